The molecule has 164 valence electrons. The molecule has 1 aromatic carbocycles. The average Bonchev–Trinajstić information content (AvgIpc) is 2.93. The molecule has 0 saturated carbocycles. The molecule has 0 atom stereocenters. The van der Waals surface area contributed by atoms with E-state index in [1.807, 2.05) is 37.8 Å². The smallest absolute Gasteiger partial charge is 0.224 e. The molecule has 0 saturated heterocycles. The third-order valence-corrected chi connectivity index (χ3v) is 4.65. The number of carbonyl (C=O) groups is 1. The van der Waals surface area contributed by atoms with E-state index in [0.717, 1.165) is 31.6 Å². The first-order valence-electron chi connectivity index (χ1n) is 9.96. The largest absolute Gasteiger partial charge is 0.489 e. The van der Waals surface area contributed by atoms with Crippen LogP contribution in [-0.2, 0) is 11.3 Å². The number of guanidine groups is 1. The van der Waals surface area contributed by atoms with E-state index in [9.17, 15) is 4.79 Å². The number of rotatable bonds is 8. The first kappa shape index (κ1) is 25.6. The van der Waals surface area contributed by atoms with E-state index in [2.05, 4.69) is 15.6 Å². The molecule has 0 fully saturated rings. The fourth-order valence-corrected chi connectivity index (χ4v) is 3.20. The van der Waals surface area contributed by atoms with Gasteiger partial charge in [-0.2, -0.15) is 0 Å². The predicted octanol–water partition coefficient (Wildman–Crippen LogP) is 3.43. The zero-order valence-electron chi connectivity index (χ0n) is 17.4. The first-order valence-corrected chi connectivity index (χ1v) is 10.3. The molecule has 7 nitrogen and oxygen atoms in total. The summed E-state index contributed by atoms with van der Waals surface area (Å²) in [6.07, 6.45) is 1.27. The van der Waals surface area contributed by atoms with E-state index in [1.165, 1.54) is 0 Å². The molecule has 0 spiro atoms. The number of hydrogen-bond acceptors (Lipinski definition) is 4. The molecule has 2 rings (SSSR count). The van der Waals surface area contributed by atoms with E-state index in [-0.39, 0.29) is 29.9 Å². The van der Waals surface area contributed by atoms with Gasteiger partial charge in [0.1, 0.15) is 0 Å². The van der Waals surface area contributed by atoms with E-state index in [0.29, 0.717) is 55.2 Å². The van der Waals surface area contributed by atoms with Gasteiger partial charge in [0.15, 0.2) is 17.5 Å². The Bertz CT molecular complexity index is 684. The molecule has 0 radical (unpaired) electrons. The third-order valence-electron chi connectivity index (χ3n) is 4.37. The van der Waals surface area contributed by atoms with Crippen molar-refractivity contribution in [3.05, 3.63) is 22.7 Å². The van der Waals surface area contributed by atoms with Crippen molar-refractivity contribution in [3.63, 3.8) is 0 Å². The zero-order chi connectivity index (χ0) is 20.4. The van der Waals surface area contributed by atoms with Crippen LogP contribution in [0.15, 0.2) is 17.1 Å². The molecule has 0 aromatic heterocycles. The Kier molecular flexibility index (Phi) is 12.1. The Balaban J connectivity index is 0.00000420. The standard InChI is InChI=1S/C20H31ClN4O3.HI/c1-4-22-20(23-9-8-18(26)25(5-2)6-3)24-14-15-12-16(21)19-17(13-15)27-10-7-11-28-19;/h12-13H,4-11,14H2,1-3H3,(H2,22,23,24);1H. The fourth-order valence-electron chi connectivity index (χ4n) is 2.91. The highest BCUT2D eigenvalue weighted by atomic mass is 127. The van der Waals surface area contributed by atoms with Gasteiger partial charge in [0.25, 0.3) is 0 Å². The second-order valence-corrected chi connectivity index (χ2v) is 6.80. The summed E-state index contributed by atoms with van der Waals surface area (Å²) in [6, 6.07) is 3.77. The summed E-state index contributed by atoms with van der Waals surface area (Å²) >= 11 is 6.35. The number of nitrogens with one attached hydrogen (secondary N) is 2. The molecule has 1 aliphatic heterocycles. The second-order valence-electron chi connectivity index (χ2n) is 6.39. The molecular formula is C20H32ClIN4O3. The number of nitrogens with zero attached hydrogens (tertiary/aromatic N) is 2. The van der Waals surface area contributed by atoms with Crippen molar-refractivity contribution in [2.24, 2.45) is 4.99 Å². The van der Waals surface area contributed by atoms with Gasteiger partial charge in [-0.1, -0.05) is 11.6 Å². The Morgan fingerprint density at radius 3 is 2.59 bits per heavy atom. The van der Waals surface area contributed by atoms with E-state index >= 15 is 0 Å². The van der Waals surface area contributed by atoms with Gasteiger partial charge in [-0.05, 0) is 38.5 Å². The predicted molar refractivity (Wildman–Crippen MR) is 128 cm³/mol. The molecule has 29 heavy (non-hydrogen) atoms. The number of carbonyl (C=O) groups excluding carboxylic acids is 1. The summed E-state index contributed by atoms with van der Waals surface area (Å²) < 4.78 is 11.4. The van der Waals surface area contributed by atoms with Gasteiger partial charge in [0.05, 0.1) is 24.8 Å². The average molecular weight is 539 g/mol. The lowest BCUT2D eigenvalue weighted by atomic mass is 10.2. The summed E-state index contributed by atoms with van der Waals surface area (Å²) in [5.41, 5.74) is 0.936. The van der Waals surface area contributed by atoms with E-state index in [4.69, 9.17) is 21.1 Å². The molecule has 2 N–H and O–H groups in total. The molecule has 1 aromatic rings. The van der Waals surface area contributed by atoms with Crippen molar-refractivity contribution in [1.29, 1.82) is 0 Å². The molecular weight excluding hydrogens is 507 g/mol. The minimum Gasteiger partial charge on any atom is -0.489 e. The van der Waals surface area contributed by atoms with Crippen molar-refractivity contribution in [1.82, 2.24) is 15.5 Å². The van der Waals surface area contributed by atoms with E-state index in [1.54, 1.807) is 0 Å². The van der Waals surface area contributed by atoms with Crippen molar-refractivity contribution >= 4 is 47.4 Å². The lowest BCUT2D eigenvalue weighted by Gasteiger charge is -2.19. The SMILES string of the molecule is CCNC(=NCc1cc(Cl)c2c(c1)OCCCO2)NCCC(=O)N(CC)CC.I. The highest BCUT2D eigenvalue weighted by Gasteiger charge is 2.15. The number of hydrogen-bond donors (Lipinski definition) is 2. The molecule has 0 unspecified atom stereocenters. The molecule has 9 heteroatoms. The zero-order valence-corrected chi connectivity index (χ0v) is 20.5. The van der Waals surface area contributed by atoms with Gasteiger partial charge in [0, 0.05) is 39.0 Å². The molecule has 1 heterocycles. The highest BCUT2D eigenvalue weighted by molar-refractivity contribution is 14.0. The number of ether oxygens (including phenoxy) is 2. The van der Waals surface area contributed by atoms with Gasteiger partial charge in [0.2, 0.25) is 5.91 Å². The van der Waals surface area contributed by atoms with Crippen LogP contribution in [-0.4, -0.2) is 56.2 Å². The molecule has 0 aliphatic carbocycles. The lowest BCUT2D eigenvalue weighted by molar-refractivity contribution is -0.130. The van der Waals surface area contributed by atoms with Gasteiger partial charge < -0.3 is 25.0 Å². The normalized spacial score (nSPS) is 13.2. The highest BCUT2D eigenvalue weighted by Crippen LogP contribution is 2.38. The van der Waals surface area contributed by atoms with Crippen LogP contribution >= 0.6 is 35.6 Å². The second kappa shape index (κ2) is 13.7. The molecule has 0 bridgehead atoms. The van der Waals surface area contributed by atoms with Gasteiger partial charge in [-0.3, -0.25) is 4.79 Å². The van der Waals surface area contributed by atoms with Crippen LogP contribution in [0, 0.1) is 0 Å². The number of halogens is 2. The number of fused-ring (bicyclic) bond motifs is 1. The topological polar surface area (TPSA) is 75.2 Å². The summed E-state index contributed by atoms with van der Waals surface area (Å²) in [6.45, 7) is 10.4. The van der Waals surface area contributed by atoms with Gasteiger partial charge in [-0.25, -0.2) is 4.99 Å². The van der Waals surface area contributed by atoms with Crippen LogP contribution in [0.2, 0.25) is 5.02 Å². The van der Waals surface area contributed by atoms with Crippen molar-refractivity contribution in [2.75, 3.05) is 39.4 Å². The van der Waals surface area contributed by atoms with Crippen LogP contribution in [0.25, 0.3) is 0 Å². The van der Waals surface area contributed by atoms with Crippen LogP contribution in [0.4, 0.5) is 0 Å². The minimum atomic E-state index is 0. The fraction of sp³-hybridized carbons (Fsp3) is 0.600. The summed E-state index contributed by atoms with van der Waals surface area (Å²) in [7, 11) is 0. The number of amides is 1. The first-order chi connectivity index (χ1) is 13.6. The van der Waals surface area contributed by atoms with Crippen molar-refractivity contribution < 1.29 is 14.3 Å². The van der Waals surface area contributed by atoms with Crippen LogP contribution in [0.5, 0.6) is 11.5 Å². The van der Waals surface area contributed by atoms with Crippen LogP contribution < -0.4 is 20.1 Å². The number of benzene rings is 1. The maximum Gasteiger partial charge on any atom is 0.224 e. The maximum absolute atomic E-state index is 12.1. The minimum absolute atomic E-state index is 0. The van der Waals surface area contributed by atoms with Gasteiger partial charge in [-0.15, -0.1) is 24.0 Å². The third kappa shape index (κ3) is 8.08. The monoisotopic (exact) mass is 538 g/mol. The van der Waals surface area contributed by atoms with Gasteiger partial charge >= 0.3 is 0 Å². The quantitative estimate of drug-likeness (QED) is 0.301. The Morgan fingerprint density at radius 1 is 1.17 bits per heavy atom. The number of aliphatic imine (C=N–C) groups is 1. The lowest BCUT2D eigenvalue weighted by Crippen LogP contribution is -2.40. The van der Waals surface area contributed by atoms with Crippen molar-refractivity contribution in [3.8, 4) is 11.5 Å². The summed E-state index contributed by atoms with van der Waals surface area (Å²) in [4.78, 5) is 18.5. The Morgan fingerprint density at radius 2 is 1.90 bits per heavy atom. The Hall–Kier alpha value is -1.42. The van der Waals surface area contributed by atoms with E-state index < -0.39 is 0 Å². The summed E-state index contributed by atoms with van der Waals surface area (Å²) in [5, 5.41) is 6.94. The van der Waals surface area contributed by atoms with Crippen LogP contribution in [0.3, 0.4) is 0 Å². The molecule has 1 aliphatic rings. The van der Waals surface area contributed by atoms with Crippen LogP contribution in [0.1, 0.15) is 39.2 Å². The maximum atomic E-state index is 12.1. The summed E-state index contributed by atoms with van der Waals surface area (Å²) in [5.74, 6) is 2.07. The Labute approximate surface area is 195 Å². The van der Waals surface area contributed by atoms with Crippen molar-refractivity contribution in [2.45, 2.75) is 40.2 Å². The molecule has 1 amide bonds.